The van der Waals surface area contributed by atoms with Crippen LogP contribution in [0.25, 0.3) is 0 Å². The van der Waals surface area contributed by atoms with E-state index in [9.17, 15) is 0 Å². The molecule has 0 bridgehead atoms. The molecular formula is C9H14BrNS2. The van der Waals surface area contributed by atoms with Crippen LogP contribution in [0.4, 0.5) is 0 Å². The first-order valence-electron chi connectivity index (χ1n) is 4.28. The van der Waals surface area contributed by atoms with Gasteiger partial charge in [-0.05, 0) is 28.4 Å². The van der Waals surface area contributed by atoms with Gasteiger partial charge in [-0.2, -0.15) is 11.8 Å². The molecule has 74 valence electrons. The van der Waals surface area contributed by atoms with Crippen molar-refractivity contribution in [3.63, 3.8) is 0 Å². The van der Waals surface area contributed by atoms with Crippen LogP contribution in [0.2, 0.25) is 0 Å². The molecule has 1 heterocycles. The molecule has 0 aliphatic rings. The predicted molar refractivity (Wildman–Crippen MR) is 66.4 cm³/mol. The molecule has 1 nitrogen and oxygen atoms in total. The summed E-state index contributed by atoms with van der Waals surface area (Å²) in [7, 11) is 0. The Hall–Kier alpha value is 0.490. The Labute approximate surface area is 96.2 Å². The minimum atomic E-state index is 0.355. The van der Waals surface area contributed by atoms with Crippen LogP contribution in [0.15, 0.2) is 15.9 Å². The molecule has 2 N–H and O–H groups in total. The maximum Gasteiger partial charge on any atom is 0.0285 e. The molecule has 0 aliphatic heterocycles. The van der Waals surface area contributed by atoms with Gasteiger partial charge < -0.3 is 5.73 Å². The molecule has 1 unspecified atom stereocenters. The van der Waals surface area contributed by atoms with Crippen molar-refractivity contribution >= 4 is 39.0 Å². The second-order valence-electron chi connectivity index (χ2n) is 2.91. The van der Waals surface area contributed by atoms with Gasteiger partial charge >= 0.3 is 0 Å². The van der Waals surface area contributed by atoms with Crippen LogP contribution >= 0.6 is 39.0 Å². The summed E-state index contributed by atoms with van der Waals surface area (Å²) < 4.78 is 1.19. The van der Waals surface area contributed by atoms with Crippen molar-refractivity contribution in [3.05, 3.63) is 20.8 Å². The number of rotatable bonds is 5. The quantitative estimate of drug-likeness (QED) is 0.893. The van der Waals surface area contributed by atoms with E-state index in [0.717, 1.165) is 17.9 Å². The van der Waals surface area contributed by atoms with Crippen molar-refractivity contribution in [2.45, 2.75) is 25.1 Å². The molecule has 13 heavy (non-hydrogen) atoms. The van der Waals surface area contributed by atoms with Crippen LogP contribution in [0.1, 0.15) is 18.2 Å². The van der Waals surface area contributed by atoms with Crippen molar-refractivity contribution in [2.75, 3.05) is 5.75 Å². The van der Waals surface area contributed by atoms with E-state index in [1.165, 1.54) is 9.35 Å². The van der Waals surface area contributed by atoms with Gasteiger partial charge in [-0.3, -0.25) is 0 Å². The zero-order valence-electron chi connectivity index (χ0n) is 7.63. The van der Waals surface area contributed by atoms with Crippen molar-refractivity contribution in [1.29, 1.82) is 0 Å². The molecule has 1 rings (SSSR count). The minimum absolute atomic E-state index is 0.355. The van der Waals surface area contributed by atoms with Crippen LogP contribution in [0.5, 0.6) is 0 Å². The lowest BCUT2D eigenvalue weighted by Gasteiger charge is -2.06. The summed E-state index contributed by atoms with van der Waals surface area (Å²) in [5, 5.41) is 2.12. The van der Waals surface area contributed by atoms with Gasteiger partial charge in [-0.1, -0.05) is 6.92 Å². The van der Waals surface area contributed by atoms with Gasteiger partial charge in [0.1, 0.15) is 0 Å². The lowest BCUT2D eigenvalue weighted by molar-refractivity contribution is 0.725. The second-order valence-corrected chi connectivity index (χ2v) is 5.86. The van der Waals surface area contributed by atoms with Crippen molar-refractivity contribution in [2.24, 2.45) is 5.73 Å². The van der Waals surface area contributed by atoms with E-state index < -0.39 is 0 Å². The van der Waals surface area contributed by atoms with Gasteiger partial charge in [0, 0.05) is 32.3 Å². The largest absolute Gasteiger partial charge is 0.327 e. The normalized spacial score (nSPS) is 13.2. The number of halogens is 1. The number of thiophene rings is 1. The van der Waals surface area contributed by atoms with Crippen LogP contribution in [0.3, 0.4) is 0 Å². The number of nitrogens with two attached hydrogens (primary N) is 1. The van der Waals surface area contributed by atoms with Gasteiger partial charge in [0.25, 0.3) is 0 Å². The van der Waals surface area contributed by atoms with Gasteiger partial charge in [0.05, 0.1) is 0 Å². The Morgan fingerprint density at radius 3 is 3.00 bits per heavy atom. The third-order valence-electron chi connectivity index (χ3n) is 1.72. The van der Waals surface area contributed by atoms with E-state index in [4.69, 9.17) is 5.73 Å². The van der Waals surface area contributed by atoms with Crippen molar-refractivity contribution in [3.8, 4) is 0 Å². The third-order valence-corrected chi connectivity index (χ3v) is 4.78. The number of hydrogen-bond donors (Lipinski definition) is 1. The highest BCUT2D eigenvalue weighted by Gasteiger charge is 2.01. The smallest absolute Gasteiger partial charge is 0.0285 e. The van der Waals surface area contributed by atoms with Gasteiger partial charge in [-0.25, -0.2) is 0 Å². The minimum Gasteiger partial charge on any atom is -0.327 e. The Bertz CT molecular complexity index is 250. The molecule has 0 saturated carbocycles. The molecule has 0 spiro atoms. The molecular weight excluding hydrogens is 266 g/mol. The van der Waals surface area contributed by atoms with Gasteiger partial charge in [-0.15, -0.1) is 11.3 Å². The highest BCUT2D eigenvalue weighted by Crippen LogP contribution is 2.24. The highest BCUT2D eigenvalue weighted by molar-refractivity contribution is 9.10. The van der Waals surface area contributed by atoms with Crippen LogP contribution in [-0.2, 0) is 5.75 Å². The predicted octanol–water partition coefficient (Wildman–Crippen LogP) is 3.48. The van der Waals surface area contributed by atoms with Crippen LogP contribution < -0.4 is 5.73 Å². The third kappa shape index (κ3) is 4.49. The molecule has 4 heteroatoms. The Balaban J connectivity index is 2.20. The summed E-state index contributed by atoms with van der Waals surface area (Å²) in [6.07, 6.45) is 1.07. The fourth-order valence-electron chi connectivity index (χ4n) is 0.858. The van der Waals surface area contributed by atoms with Gasteiger partial charge in [0.2, 0.25) is 0 Å². The molecule has 0 aromatic carbocycles. The van der Waals surface area contributed by atoms with Gasteiger partial charge in [0.15, 0.2) is 0 Å². The first-order valence-corrected chi connectivity index (χ1v) is 7.11. The van der Waals surface area contributed by atoms with E-state index in [1.807, 2.05) is 11.8 Å². The fraction of sp³-hybridized carbons (Fsp3) is 0.556. The van der Waals surface area contributed by atoms with Crippen LogP contribution in [-0.4, -0.2) is 11.8 Å². The summed E-state index contributed by atoms with van der Waals surface area (Å²) in [6.45, 7) is 2.13. The zero-order valence-corrected chi connectivity index (χ0v) is 10.8. The van der Waals surface area contributed by atoms with E-state index >= 15 is 0 Å². The van der Waals surface area contributed by atoms with Crippen molar-refractivity contribution < 1.29 is 0 Å². The average Bonchev–Trinajstić information content (AvgIpc) is 2.51. The summed E-state index contributed by atoms with van der Waals surface area (Å²) in [5.41, 5.74) is 5.82. The second kappa shape index (κ2) is 6.06. The zero-order chi connectivity index (χ0) is 9.68. The molecule has 1 atom stereocenters. The Morgan fingerprint density at radius 2 is 2.46 bits per heavy atom. The van der Waals surface area contributed by atoms with E-state index in [0.29, 0.717) is 6.04 Å². The molecule has 0 aliphatic carbocycles. The van der Waals surface area contributed by atoms with Crippen molar-refractivity contribution in [1.82, 2.24) is 0 Å². The Morgan fingerprint density at radius 1 is 1.69 bits per heavy atom. The highest BCUT2D eigenvalue weighted by atomic mass is 79.9. The van der Waals surface area contributed by atoms with E-state index in [-0.39, 0.29) is 0 Å². The summed E-state index contributed by atoms with van der Waals surface area (Å²) in [6, 6.07) is 2.53. The summed E-state index contributed by atoms with van der Waals surface area (Å²) >= 11 is 7.16. The summed E-state index contributed by atoms with van der Waals surface area (Å²) in [4.78, 5) is 1.42. The fourth-order valence-corrected chi connectivity index (χ4v) is 3.56. The lowest BCUT2D eigenvalue weighted by Crippen LogP contribution is -2.21. The van der Waals surface area contributed by atoms with E-state index in [1.54, 1.807) is 11.3 Å². The Kier molecular flexibility index (Phi) is 5.39. The first kappa shape index (κ1) is 11.6. The molecule has 0 radical (unpaired) electrons. The number of thioether (sulfide) groups is 1. The van der Waals surface area contributed by atoms with Crippen LogP contribution in [0, 0.1) is 0 Å². The monoisotopic (exact) mass is 279 g/mol. The topological polar surface area (TPSA) is 26.0 Å². The SMILES string of the molecule is CCC(N)CSCc1cc(Br)cs1. The lowest BCUT2D eigenvalue weighted by atomic mass is 10.3. The molecule has 0 amide bonds. The molecule has 0 saturated heterocycles. The number of hydrogen-bond acceptors (Lipinski definition) is 3. The summed E-state index contributed by atoms with van der Waals surface area (Å²) in [5.74, 6) is 2.15. The average molecular weight is 280 g/mol. The maximum atomic E-state index is 5.82. The standard InChI is InChI=1S/C9H14BrNS2/c1-2-8(11)5-12-6-9-3-7(10)4-13-9/h3-4,8H,2,5-6,11H2,1H3. The maximum absolute atomic E-state index is 5.82. The molecule has 1 aromatic heterocycles. The molecule has 1 aromatic rings. The molecule has 0 fully saturated rings. The first-order chi connectivity index (χ1) is 6.22. The van der Waals surface area contributed by atoms with E-state index in [2.05, 4.69) is 34.3 Å².